The molecule has 43 heavy (non-hydrogen) atoms. The van der Waals surface area contributed by atoms with Crippen LogP contribution < -0.4 is 20.5 Å². The predicted octanol–water partition coefficient (Wildman–Crippen LogP) is 3.80. The molecule has 1 aromatic heterocycles. The molecule has 226 valence electrons. The normalized spacial score (nSPS) is 27.8. The first-order valence-corrected chi connectivity index (χ1v) is 15.6. The van der Waals surface area contributed by atoms with Gasteiger partial charge in [-0.15, -0.1) is 0 Å². The number of hydrogen-bond donors (Lipinski definition) is 3. The van der Waals surface area contributed by atoms with Crippen LogP contribution in [0.4, 0.5) is 17.2 Å². The Morgan fingerprint density at radius 3 is 2.49 bits per heavy atom. The number of aliphatic hydroxyl groups is 1. The molecule has 2 bridgehead atoms. The topological polar surface area (TPSA) is 99.6 Å². The van der Waals surface area contributed by atoms with Crippen LogP contribution in [-0.4, -0.2) is 77.8 Å². The number of amides is 1. The molecule has 1 spiro atoms. The van der Waals surface area contributed by atoms with E-state index in [4.69, 9.17) is 4.98 Å². The molecule has 6 heterocycles. The summed E-state index contributed by atoms with van der Waals surface area (Å²) in [5.41, 5.74) is 2.79. The van der Waals surface area contributed by atoms with Crippen molar-refractivity contribution in [1.29, 1.82) is 0 Å². The summed E-state index contributed by atoms with van der Waals surface area (Å²) in [6.45, 7) is 6.87. The number of piperidine rings is 2. The smallest absolute Gasteiger partial charge is 0.274 e. The van der Waals surface area contributed by atoms with Gasteiger partial charge in [-0.05, 0) is 107 Å². The fraction of sp³-hybridized carbons (Fsp3) is 0.485. The van der Waals surface area contributed by atoms with E-state index in [0.29, 0.717) is 47.8 Å². The minimum absolute atomic E-state index is 0.115. The number of anilines is 3. The lowest BCUT2D eigenvalue weighted by Gasteiger charge is -2.46. The molecule has 1 aromatic carbocycles. The highest BCUT2D eigenvalue weighted by molar-refractivity contribution is 6.04. The number of aliphatic imine (C=N–C) groups is 1. The number of benzene rings is 1. The van der Waals surface area contributed by atoms with E-state index in [1.807, 2.05) is 35.4 Å². The average molecular weight is 583 g/mol. The van der Waals surface area contributed by atoms with Crippen LogP contribution in [0, 0.1) is 5.41 Å². The van der Waals surface area contributed by atoms with E-state index in [1.165, 1.54) is 44.5 Å². The van der Waals surface area contributed by atoms with Gasteiger partial charge in [0.15, 0.2) is 6.17 Å². The Kier molecular flexibility index (Phi) is 7.13. The number of guanidine groups is 1. The maximum atomic E-state index is 13.5. The molecule has 3 N–H and O–H groups in total. The van der Waals surface area contributed by atoms with E-state index in [-0.39, 0.29) is 5.91 Å². The monoisotopic (exact) mass is 582 g/mol. The van der Waals surface area contributed by atoms with Crippen molar-refractivity contribution in [2.45, 2.75) is 57.2 Å². The minimum Gasteiger partial charge on any atom is -0.384 e. The van der Waals surface area contributed by atoms with Crippen molar-refractivity contribution in [3.63, 3.8) is 0 Å². The highest BCUT2D eigenvalue weighted by Crippen LogP contribution is 2.42. The molecule has 10 nitrogen and oxygen atoms in total. The molecule has 0 saturated carbocycles. The third kappa shape index (κ3) is 5.38. The zero-order valence-corrected chi connectivity index (χ0v) is 25.2. The number of carbonyl (C=O) groups is 1. The molecule has 7 rings (SSSR count). The number of fused-ring (bicyclic) bond motifs is 6. The van der Waals surface area contributed by atoms with Crippen molar-refractivity contribution in [3.8, 4) is 0 Å². The van der Waals surface area contributed by atoms with Gasteiger partial charge in [-0.2, -0.15) is 0 Å². The van der Waals surface area contributed by atoms with Crippen LogP contribution >= 0.6 is 0 Å². The highest BCUT2D eigenvalue weighted by atomic mass is 16.3. The zero-order chi connectivity index (χ0) is 29.6. The van der Waals surface area contributed by atoms with Gasteiger partial charge in [-0.25, -0.2) is 20.0 Å². The highest BCUT2D eigenvalue weighted by Gasteiger charge is 2.45. The van der Waals surface area contributed by atoms with Crippen molar-refractivity contribution >= 4 is 29.1 Å². The maximum Gasteiger partial charge on any atom is 0.274 e. The number of hydrogen-bond acceptors (Lipinski definition) is 9. The van der Waals surface area contributed by atoms with Crippen molar-refractivity contribution in [2.24, 2.45) is 10.4 Å². The van der Waals surface area contributed by atoms with Crippen LogP contribution in [0.15, 0.2) is 71.4 Å². The van der Waals surface area contributed by atoms with Crippen molar-refractivity contribution in [2.75, 3.05) is 55.0 Å². The van der Waals surface area contributed by atoms with Crippen LogP contribution in [-0.2, 0) is 10.4 Å². The van der Waals surface area contributed by atoms with Gasteiger partial charge >= 0.3 is 0 Å². The van der Waals surface area contributed by atoms with Crippen LogP contribution in [0.5, 0.6) is 0 Å². The van der Waals surface area contributed by atoms with Crippen LogP contribution in [0.1, 0.15) is 51.1 Å². The molecular weight excluding hydrogens is 540 g/mol. The molecule has 3 saturated heterocycles. The lowest BCUT2D eigenvalue weighted by Crippen LogP contribution is -2.53. The van der Waals surface area contributed by atoms with Crippen molar-refractivity contribution < 1.29 is 9.90 Å². The largest absolute Gasteiger partial charge is 0.384 e. The van der Waals surface area contributed by atoms with E-state index in [9.17, 15) is 9.90 Å². The van der Waals surface area contributed by atoms with Gasteiger partial charge in [0.1, 0.15) is 11.4 Å². The van der Waals surface area contributed by atoms with E-state index in [0.717, 1.165) is 18.8 Å². The summed E-state index contributed by atoms with van der Waals surface area (Å²) in [6, 6.07) is 14.1. The summed E-state index contributed by atoms with van der Waals surface area (Å²) in [5, 5.41) is 21.5. The Balaban J connectivity index is 1.05. The third-order valence-electron chi connectivity index (χ3n) is 10.0. The molecule has 1 amide bonds. The fourth-order valence-corrected chi connectivity index (χ4v) is 7.06. The molecule has 5 aliphatic rings. The summed E-state index contributed by atoms with van der Waals surface area (Å²) < 4.78 is 0. The van der Waals surface area contributed by atoms with Gasteiger partial charge in [-0.3, -0.25) is 4.79 Å². The molecule has 10 heteroatoms. The van der Waals surface area contributed by atoms with E-state index >= 15 is 0 Å². The van der Waals surface area contributed by atoms with Gasteiger partial charge in [0.2, 0.25) is 5.96 Å². The van der Waals surface area contributed by atoms with Crippen molar-refractivity contribution in [1.82, 2.24) is 20.2 Å². The first-order valence-electron chi connectivity index (χ1n) is 15.6. The van der Waals surface area contributed by atoms with E-state index in [1.54, 1.807) is 18.1 Å². The van der Waals surface area contributed by atoms with E-state index < -0.39 is 11.8 Å². The van der Waals surface area contributed by atoms with Crippen LogP contribution in [0.3, 0.4) is 0 Å². The first-order chi connectivity index (χ1) is 20.8. The minimum atomic E-state index is -1.07. The summed E-state index contributed by atoms with van der Waals surface area (Å²) in [5.74, 6) is 1.04. The second-order valence-electron chi connectivity index (χ2n) is 13.0. The molecular formula is C33H42N8O2. The van der Waals surface area contributed by atoms with Crippen molar-refractivity contribution in [3.05, 3.63) is 72.1 Å². The standard InChI is InChI=1S/C33H42N8O2/c1-32(43)13-4-3-5-18-40-30(42)26-23-34-31(37-29(26)41(40)28-8-6-7-27(32)36-28)35-24-9-11-25(12-10-24)39-21-16-33(17-22-39)14-19-38(2)20-15-33/h3,5-12,23,29,43H,4,13-22H2,1-2H3,(H2,34,35,37)/b5-3-. The molecule has 3 fully saturated rings. The summed E-state index contributed by atoms with van der Waals surface area (Å²) in [6.07, 6.45) is 11.6. The number of nitrogens with one attached hydrogen (secondary N) is 2. The summed E-state index contributed by atoms with van der Waals surface area (Å²) in [7, 11) is 2.24. The Hall–Kier alpha value is -3.89. The van der Waals surface area contributed by atoms with Gasteiger partial charge in [0.05, 0.1) is 17.8 Å². The third-order valence-corrected chi connectivity index (χ3v) is 10.0. The average Bonchev–Trinajstić information content (AvgIpc) is 3.29. The van der Waals surface area contributed by atoms with Crippen LogP contribution in [0.2, 0.25) is 0 Å². The Morgan fingerprint density at radius 2 is 1.72 bits per heavy atom. The fourth-order valence-electron chi connectivity index (χ4n) is 7.06. The van der Waals surface area contributed by atoms with Gasteiger partial charge in [0.25, 0.3) is 5.91 Å². The first kappa shape index (κ1) is 27.9. The lowest BCUT2D eigenvalue weighted by molar-refractivity contribution is -0.124. The van der Waals surface area contributed by atoms with Gasteiger partial charge < -0.3 is 25.5 Å². The predicted molar refractivity (Wildman–Crippen MR) is 169 cm³/mol. The number of hydrazine groups is 1. The SMILES string of the molecule is CN1CCC2(CC1)CCN(c1ccc(NC3=NC=C4C(=O)N5C/C=C\CCC(C)(O)c6cccc(n6)N5C4N3)cc1)CC2. The lowest BCUT2D eigenvalue weighted by atomic mass is 9.71. The number of nitrogens with zero attached hydrogens (tertiary/aromatic N) is 6. The number of aromatic nitrogens is 1. The van der Waals surface area contributed by atoms with Crippen LogP contribution in [0.25, 0.3) is 0 Å². The number of likely N-dealkylation sites (tertiary alicyclic amines) is 1. The summed E-state index contributed by atoms with van der Waals surface area (Å²) >= 11 is 0. The molecule has 2 aromatic rings. The molecule has 2 atom stereocenters. The summed E-state index contributed by atoms with van der Waals surface area (Å²) in [4.78, 5) is 27.8. The van der Waals surface area contributed by atoms with Gasteiger partial charge in [0, 0.05) is 30.7 Å². The number of rotatable bonds is 2. The molecule has 0 aliphatic carbocycles. The van der Waals surface area contributed by atoms with Gasteiger partial charge in [-0.1, -0.05) is 18.2 Å². The quantitative estimate of drug-likeness (QED) is 0.460. The number of pyridine rings is 1. The Bertz CT molecular complexity index is 1450. The second-order valence-corrected chi connectivity index (χ2v) is 13.0. The second kappa shape index (κ2) is 11.0. The number of carbonyl (C=O) groups excluding carboxylic acids is 1. The Labute approximate surface area is 253 Å². The van der Waals surface area contributed by atoms with E-state index in [2.05, 4.69) is 56.7 Å². The Morgan fingerprint density at radius 1 is 0.977 bits per heavy atom. The molecule has 5 aliphatic heterocycles. The number of allylic oxidation sites excluding steroid dienone is 1. The molecule has 0 radical (unpaired) electrons. The molecule has 2 unspecified atom stereocenters. The maximum absolute atomic E-state index is 13.5. The zero-order valence-electron chi connectivity index (χ0n) is 25.2.